The van der Waals surface area contributed by atoms with Gasteiger partial charge in [0.2, 0.25) is 5.91 Å². The lowest BCUT2D eigenvalue weighted by Gasteiger charge is -2.23. The van der Waals surface area contributed by atoms with Crippen molar-refractivity contribution in [2.75, 3.05) is 18.4 Å². The van der Waals surface area contributed by atoms with Gasteiger partial charge in [-0.05, 0) is 18.9 Å². The Bertz CT molecular complexity index is 526. The van der Waals surface area contributed by atoms with E-state index in [1.54, 1.807) is 0 Å². The first-order valence-corrected chi connectivity index (χ1v) is 7.07. The van der Waals surface area contributed by atoms with E-state index in [4.69, 9.17) is 0 Å². The maximum atomic E-state index is 14.2. The number of carbonyl (C=O) groups is 2. The van der Waals surface area contributed by atoms with E-state index in [1.165, 1.54) is 12.3 Å². The fourth-order valence-corrected chi connectivity index (χ4v) is 2.10. The smallest absolute Gasteiger partial charge is 0.254 e. The molecule has 2 heterocycles. The van der Waals surface area contributed by atoms with Crippen LogP contribution in [0.3, 0.4) is 0 Å². The molecule has 0 aliphatic carbocycles. The van der Waals surface area contributed by atoms with Crippen LogP contribution in [0.15, 0.2) is 12.3 Å². The quantitative estimate of drug-likeness (QED) is 0.758. The molecule has 1 atom stereocenters. The van der Waals surface area contributed by atoms with E-state index in [2.05, 4.69) is 20.9 Å². The fourth-order valence-electron chi connectivity index (χ4n) is 2.10. The minimum atomic E-state index is -0.650. The highest BCUT2D eigenvalue weighted by Crippen LogP contribution is 2.15. The average Bonchev–Trinajstić information content (AvgIpc) is 2.48. The Labute approximate surface area is 122 Å². The monoisotopic (exact) mass is 294 g/mol. The average molecular weight is 294 g/mol. The first-order valence-electron chi connectivity index (χ1n) is 7.07. The second-order valence-corrected chi connectivity index (χ2v) is 4.96. The zero-order chi connectivity index (χ0) is 15.2. The largest absolute Gasteiger partial charge is 0.368 e. The molecule has 1 fully saturated rings. The molecular weight excluding hydrogens is 275 g/mol. The molecule has 0 radical (unpaired) electrons. The fraction of sp³-hybridized carbons (Fsp3) is 0.500. The molecule has 6 nitrogen and oxygen atoms in total. The molecular formula is C14H19FN4O2. The molecule has 0 aromatic carbocycles. The van der Waals surface area contributed by atoms with Crippen LogP contribution < -0.4 is 16.0 Å². The summed E-state index contributed by atoms with van der Waals surface area (Å²) in [6.07, 6.45) is 3.16. The van der Waals surface area contributed by atoms with Crippen molar-refractivity contribution in [2.24, 2.45) is 0 Å². The van der Waals surface area contributed by atoms with E-state index in [0.717, 1.165) is 6.42 Å². The summed E-state index contributed by atoms with van der Waals surface area (Å²) in [7, 11) is 0. The molecule has 1 aliphatic rings. The number of anilines is 1. The van der Waals surface area contributed by atoms with Crippen molar-refractivity contribution >= 4 is 17.6 Å². The lowest BCUT2D eigenvalue weighted by molar-refractivity contribution is -0.122. The zero-order valence-corrected chi connectivity index (χ0v) is 11.9. The van der Waals surface area contributed by atoms with Crippen molar-refractivity contribution in [3.8, 4) is 0 Å². The van der Waals surface area contributed by atoms with Crippen molar-refractivity contribution in [3.63, 3.8) is 0 Å². The van der Waals surface area contributed by atoms with Crippen molar-refractivity contribution in [3.05, 3.63) is 23.6 Å². The number of piperidine rings is 1. The van der Waals surface area contributed by atoms with Gasteiger partial charge in [-0.1, -0.05) is 6.92 Å². The predicted octanol–water partition coefficient (Wildman–Crippen LogP) is 1.05. The number of nitrogens with zero attached hydrogens (tertiary/aromatic N) is 1. The maximum absolute atomic E-state index is 14.2. The number of pyridine rings is 1. The number of amides is 2. The third-order valence-electron chi connectivity index (χ3n) is 3.28. The van der Waals surface area contributed by atoms with Crippen LogP contribution in [-0.2, 0) is 4.79 Å². The standard InChI is InChI=1S/C14H19FN4O2/c1-2-6-16-13-12(15)10(5-7-17-13)14(21)19-9-3-4-11(20)18-8-9/h5,7,9H,2-4,6,8H2,1H3,(H,16,17)(H,18,20)(H,19,21). The lowest BCUT2D eigenvalue weighted by atomic mass is 10.1. The minimum absolute atomic E-state index is 0.0263. The van der Waals surface area contributed by atoms with E-state index >= 15 is 0 Å². The summed E-state index contributed by atoms with van der Waals surface area (Å²) >= 11 is 0. The zero-order valence-electron chi connectivity index (χ0n) is 11.9. The number of halogens is 1. The minimum Gasteiger partial charge on any atom is -0.368 e. The molecule has 1 aliphatic heterocycles. The van der Waals surface area contributed by atoms with Crippen LogP contribution >= 0.6 is 0 Å². The Hall–Kier alpha value is -2.18. The number of hydrogen-bond donors (Lipinski definition) is 3. The van der Waals surface area contributed by atoms with Gasteiger partial charge in [-0.15, -0.1) is 0 Å². The predicted molar refractivity (Wildman–Crippen MR) is 76.5 cm³/mol. The summed E-state index contributed by atoms with van der Waals surface area (Å²) in [5.74, 6) is -1.08. The highest BCUT2D eigenvalue weighted by atomic mass is 19.1. The molecule has 1 saturated heterocycles. The van der Waals surface area contributed by atoms with E-state index in [0.29, 0.717) is 25.9 Å². The van der Waals surface area contributed by atoms with Gasteiger partial charge in [0, 0.05) is 31.7 Å². The Kier molecular flexibility index (Phi) is 5.08. The van der Waals surface area contributed by atoms with Crippen LogP contribution in [0.1, 0.15) is 36.5 Å². The van der Waals surface area contributed by atoms with Gasteiger partial charge in [0.1, 0.15) is 0 Å². The Morgan fingerprint density at radius 3 is 3.05 bits per heavy atom. The number of aromatic nitrogens is 1. The van der Waals surface area contributed by atoms with E-state index in [1.807, 2.05) is 6.92 Å². The summed E-state index contributed by atoms with van der Waals surface area (Å²) in [6.45, 7) is 2.92. The second-order valence-electron chi connectivity index (χ2n) is 4.96. The summed E-state index contributed by atoms with van der Waals surface area (Å²) in [5.41, 5.74) is -0.0412. The van der Waals surface area contributed by atoms with Gasteiger partial charge in [0.15, 0.2) is 11.6 Å². The first-order chi connectivity index (χ1) is 10.1. The van der Waals surface area contributed by atoms with Crippen molar-refractivity contribution in [2.45, 2.75) is 32.2 Å². The van der Waals surface area contributed by atoms with E-state index in [-0.39, 0.29) is 23.3 Å². The summed E-state index contributed by atoms with van der Waals surface area (Å²) in [5, 5.41) is 8.25. The molecule has 1 aromatic rings. The van der Waals surface area contributed by atoms with E-state index < -0.39 is 11.7 Å². The van der Waals surface area contributed by atoms with Gasteiger partial charge in [0.25, 0.3) is 5.91 Å². The highest BCUT2D eigenvalue weighted by Gasteiger charge is 2.22. The second kappa shape index (κ2) is 7.01. The van der Waals surface area contributed by atoms with Gasteiger partial charge >= 0.3 is 0 Å². The van der Waals surface area contributed by atoms with Crippen LogP contribution in [-0.4, -0.2) is 35.9 Å². The molecule has 2 rings (SSSR count). The van der Waals surface area contributed by atoms with Crippen LogP contribution in [0.5, 0.6) is 0 Å². The summed E-state index contributed by atoms with van der Waals surface area (Å²) in [4.78, 5) is 27.1. The topological polar surface area (TPSA) is 83.1 Å². The molecule has 7 heteroatoms. The normalized spacial score (nSPS) is 18.0. The third kappa shape index (κ3) is 3.90. The molecule has 21 heavy (non-hydrogen) atoms. The number of nitrogens with one attached hydrogen (secondary N) is 3. The highest BCUT2D eigenvalue weighted by molar-refractivity contribution is 5.95. The molecule has 2 amide bonds. The third-order valence-corrected chi connectivity index (χ3v) is 3.28. The maximum Gasteiger partial charge on any atom is 0.254 e. The summed E-state index contributed by atoms with van der Waals surface area (Å²) in [6, 6.07) is 1.18. The summed E-state index contributed by atoms with van der Waals surface area (Å²) < 4.78 is 14.2. The number of rotatable bonds is 5. The Balaban J connectivity index is 2.03. The molecule has 1 aromatic heterocycles. The van der Waals surface area contributed by atoms with Crippen molar-refractivity contribution in [1.82, 2.24) is 15.6 Å². The van der Waals surface area contributed by atoms with Crippen LogP contribution in [0, 0.1) is 5.82 Å². The van der Waals surface area contributed by atoms with Crippen LogP contribution in [0.25, 0.3) is 0 Å². The van der Waals surface area contributed by atoms with Crippen LogP contribution in [0.2, 0.25) is 0 Å². The van der Waals surface area contributed by atoms with Crippen molar-refractivity contribution < 1.29 is 14.0 Å². The van der Waals surface area contributed by atoms with Crippen LogP contribution in [0.4, 0.5) is 10.2 Å². The molecule has 0 bridgehead atoms. The molecule has 0 saturated carbocycles. The molecule has 0 spiro atoms. The Morgan fingerprint density at radius 1 is 1.57 bits per heavy atom. The van der Waals surface area contributed by atoms with Gasteiger partial charge in [0.05, 0.1) is 5.56 Å². The number of hydrogen-bond acceptors (Lipinski definition) is 4. The van der Waals surface area contributed by atoms with E-state index in [9.17, 15) is 14.0 Å². The lowest BCUT2D eigenvalue weighted by Crippen LogP contribution is -2.47. The SMILES string of the molecule is CCCNc1nccc(C(=O)NC2CCC(=O)NC2)c1F. The molecule has 114 valence electrons. The van der Waals surface area contributed by atoms with Crippen molar-refractivity contribution in [1.29, 1.82) is 0 Å². The molecule has 1 unspecified atom stereocenters. The first kappa shape index (κ1) is 15.2. The van der Waals surface area contributed by atoms with Gasteiger partial charge in [-0.2, -0.15) is 0 Å². The Morgan fingerprint density at radius 2 is 2.38 bits per heavy atom. The van der Waals surface area contributed by atoms with Gasteiger partial charge in [-0.3, -0.25) is 9.59 Å². The van der Waals surface area contributed by atoms with Gasteiger partial charge < -0.3 is 16.0 Å². The number of carbonyl (C=O) groups excluding carboxylic acids is 2. The molecule has 3 N–H and O–H groups in total. The van der Waals surface area contributed by atoms with Gasteiger partial charge in [-0.25, -0.2) is 9.37 Å².